The molecule has 0 saturated carbocycles. The summed E-state index contributed by atoms with van der Waals surface area (Å²) in [6.45, 7) is 3.53. The quantitative estimate of drug-likeness (QED) is 0.0172. The van der Waals surface area contributed by atoms with Gasteiger partial charge in [0.1, 0.15) is 54.9 Å². The number of hydrogen-bond acceptors (Lipinski definition) is 14. The molecule has 0 spiro atoms. The molecule has 72 heavy (non-hydrogen) atoms. The molecule has 0 aromatic rings. The van der Waals surface area contributed by atoms with Gasteiger partial charge in [-0.1, -0.05) is 197 Å². The molecule has 0 aromatic heterocycles. The van der Waals surface area contributed by atoms with E-state index in [1.165, 1.54) is 89.9 Å². The van der Waals surface area contributed by atoms with Crippen LogP contribution in [0.25, 0.3) is 0 Å². The van der Waals surface area contributed by atoms with Crippen molar-refractivity contribution in [3.05, 3.63) is 60.8 Å². The molecule has 0 amide bonds. The molecule has 7 N–H and O–H groups in total. The van der Waals surface area contributed by atoms with Crippen LogP contribution in [0.5, 0.6) is 0 Å². The Kier molecular flexibility index (Phi) is 41.1. The smallest absolute Gasteiger partial charge is 0.306 e. The van der Waals surface area contributed by atoms with Crippen LogP contribution in [0.4, 0.5) is 0 Å². The summed E-state index contributed by atoms with van der Waals surface area (Å²) in [5.74, 6) is -0.384. The molecule has 14 heteroatoms. The lowest BCUT2D eigenvalue weighted by Crippen LogP contribution is -2.61. The molecule has 2 aliphatic heterocycles. The number of rotatable bonds is 45. The van der Waals surface area contributed by atoms with Crippen LogP contribution in [0.2, 0.25) is 0 Å². The Hall–Kier alpha value is -2.31. The lowest BCUT2D eigenvalue weighted by atomic mass is 9.98. The fraction of sp³-hybridized carbons (Fsp3) is 0.810. The van der Waals surface area contributed by atoms with Crippen molar-refractivity contribution in [2.75, 3.05) is 33.0 Å². The molecule has 0 aromatic carbocycles. The molecule has 2 saturated heterocycles. The molecule has 14 nitrogen and oxygen atoms in total. The van der Waals surface area contributed by atoms with Crippen molar-refractivity contribution in [1.82, 2.24) is 0 Å². The lowest BCUT2D eigenvalue weighted by Gasteiger charge is -2.42. The SMILES string of the molecule is CC/C=C\C/C=C\C/C=C\C/C=C\C/C=C\CCCCCCOCC(COC1OC(COC2OC(CO)C(O)C(O)C2O)C(O)C(O)C1O)OC(=O)CCCCCCCCCCCCCCCCCCCC. The zero-order chi connectivity index (χ0) is 52.3. The van der Waals surface area contributed by atoms with Gasteiger partial charge in [0.2, 0.25) is 0 Å². The first kappa shape index (κ1) is 65.8. The van der Waals surface area contributed by atoms with Gasteiger partial charge in [0.25, 0.3) is 0 Å². The van der Waals surface area contributed by atoms with Gasteiger partial charge in [0, 0.05) is 13.0 Å². The van der Waals surface area contributed by atoms with Crippen LogP contribution in [0.1, 0.15) is 200 Å². The zero-order valence-corrected chi connectivity index (χ0v) is 44.7. The van der Waals surface area contributed by atoms with Crippen LogP contribution in [0, 0.1) is 0 Å². The van der Waals surface area contributed by atoms with Gasteiger partial charge in [-0.25, -0.2) is 0 Å². The Morgan fingerprint density at radius 2 is 0.903 bits per heavy atom. The van der Waals surface area contributed by atoms with Crippen LogP contribution in [-0.4, -0.2) is 142 Å². The van der Waals surface area contributed by atoms with Crippen LogP contribution in [0.15, 0.2) is 60.8 Å². The van der Waals surface area contributed by atoms with Gasteiger partial charge in [0.15, 0.2) is 12.6 Å². The van der Waals surface area contributed by atoms with E-state index < -0.39 is 80.7 Å². The number of ether oxygens (including phenoxy) is 6. The number of carbonyl (C=O) groups is 1. The van der Waals surface area contributed by atoms with Gasteiger partial charge >= 0.3 is 5.97 Å². The van der Waals surface area contributed by atoms with Crippen molar-refractivity contribution in [2.45, 2.75) is 268 Å². The molecular weight excluding hydrogens is 921 g/mol. The van der Waals surface area contributed by atoms with E-state index in [-0.39, 0.29) is 25.6 Å². The third-order valence-electron chi connectivity index (χ3n) is 13.3. The average molecular weight is 1020 g/mol. The maximum atomic E-state index is 13.1. The summed E-state index contributed by atoms with van der Waals surface area (Å²) in [5, 5.41) is 72.3. The number of aliphatic hydroxyl groups excluding tert-OH is 7. The molecule has 418 valence electrons. The molecule has 11 atom stereocenters. The second-order valence-corrected chi connectivity index (χ2v) is 19.7. The molecule has 0 radical (unpaired) electrons. The number of esters is 1. The minimum absolute atomic E-state index is 0.0442. The normalized spacial score (nSPS) is 25.6. The van der Waals surface area contributed by atoms with Gasteiger partial charge < -0.3 is 64.2 Å². The highest BCUT2D eigenvalue weighted by atomic mass is 16.7. The predicted octanol–water partition coefficient (Wildman–Crippen LogP) is 9.69. The van der Waals surface area contributed by atoms with E-state index >= 15 is 0 Å². The highest BCUT2D eigenvalue weighted by Crippen LogP contribution is 2.26. The highest BCUT2D eigenvalue weighted by molar-refractivity contribution is 5.69. The minimum Gasteiger partial charge on any atom is -0.457 e. The van der Waals surface area contributed by atoms with Gasteiger partial charge in [-0.15, -0.1) is 0 Å². The Labute approximate surface area is 434 Å². The van der Waals surface area contributed by atoms with Crippen molar-refractivity contribution in [2.24, 2.45) is 0 Å². The maximum absolute atomic E-state index is 13.1. The van der Waals surface area contributed by atoms with Crippen molar-refractivity contribution >= 4 is 5.97 Å². The standard InChI is InChI=1S/C58H102O14/c1-3-5-7-9-11-13-15-17-19-21-23-24-26-28-30-32-34-36-38-40-42-67-44-47(70-50(60)41-39-37-35-33-31-29-27-25-22-20-18-16-14-12-10-8-6-4-2)45-68-57-56(66)54(64)52(62)49(72-57)46-69-58-55(65)53(63)51(61)48(43-59)71-58/h5,7,11,13,17,19,23-24,28,30,47-49,51-59,61-66H,3-4,6,8-10,12,14-16,18,20-22,25-27,29,31-46H2,1-2H3/b7-5-,13-11-,19-17-,24-23-,30-28-. The van der Waals surface area contributed by atoms with Gasteiger partial charge in [-0.05, 0) is 57.8 Å². The first-order chi connectivity index (χ1) is 35.1. The summed E-state index contributed by atoms with van der Waals surface area (Å²) in [5.41, 5.74) is 0. The monoisotopic (exact) mass is 1020 g/mol. The van der Waals surface area contributed by atoms with E-state index in [2.05, 4.69) is 74.6 Å². The van der Waals surface area contributed by atoms with Crippen LogP contribution in [-0.2, 0) is 33.2 Å². The van der Waals surface area contributed by atoms with Crippen LogP contribution in [0.3, 0.4) is 0 Å². The third kappa shape index (κ3) is 31.5. The largest absolute Gasteiger partial charge is 0.457 e. The summed E-state index contributed by atoms with van der Waals surface area (Å²) in [6, 6.07) is 0. The van der Waals surface area contributed by atoms with Gasteiger partial charge in [-0.3, -0.25) is 4.79 Å². The number of unbranched alkanes of at least 4 members (excludes halogenated alkanes) is 21. The Morgan fingerprint density at radius 1 is 0.472 bits per heavy atom. The Bertz CT molecular complexity index is 1420. The molecule has 11 unspecified atom stereocenters. The van der Waals surface area contributed by atoms with E-state index in [4.69, 9.17) is 28.4 Å². The van der Waals surface area contributed by atoms with E-state index in [1.807, 2.05) is 0 Å². The predicted molar refractivity (Wildman–Crippen MR) is 284 cm³/mol. The average Bonchev–Trinajstić information content (AvgIpc) is 3.38. The van der Waals surface area contributed by atoms with Gasteiger partial charge in [0.05, 0.1) is 26.4 Å². The topological polar surface area (TPSA) is 214 Å². The fourth-order valence-electron chi connectivity index (χ4n) is 8.72. The molecule has 2 heterocycles. The van der Waals surface area contributed by atoms with Crippen molar-refractivity contribution in [1.29, 1.82) is 0 Å². The fourth-order valence-corrected chi connectivity index (χ4v) is 8.72. The molecular formula is C58H102O14. The molecule has 0 aliphatic carbocycles. The number of hydrogen-bond donors (Lipinski definition) is 7. The number of aliphatic hydroxyl groups is 7. The van der Waals surface area contributed by atoms with Crippen LogP contribution >= 0.6 is 0 Å². The minimum atomic E-state index is -1.71. The molecule has 2 fully saturated rings. The Morgan fingerprint density at radius 3 is 1.42 bits per heavy atom. The number of allylic oxidation sites excluding steroid dienone is 10. The summed E-state index contributed by atoms with van der Waals surface area (Å²) < 4.78 is 34.3. The van der Waals surface area contributed by atoms with Gasteiger partial charge in [-0.2, -0.15) is 0 Å². The first-order valence-corrected chi connectivity index (χ1v) is 28.4. The second kappa shape index (κ2) is 44.9. The lowest BCUT2D eigenvalue weighted by molar-refractivity contribution is -0.332. The van der Waals surface area contributed by atoms with E-state index in [1.54, 1.807) is 0 Å². The van der Waals surface area contributed by atoms with Crippen molar-refractivity contribution in [3.63, 3.8) is 0 Å². The van der Waals surface area contributed by atoms with Crippen LogP contribution < -0.4 is 0 Å². The Balaban J connectivity index is 1.74. The summed E-state index contributed by atoms with van der Waals surface area (Å²) in [7, 11) is 0. The second-order valence-electron chi connectivity index (χ2n) is 19.7. The summed E-state index contributed by atoms with van der Waals surface area (Å²) in [4.78, 5) is 13.1. The molecule has 2 rings (SSSR count). The summed E-state index contributed by atoms with van der Waals surface area (Å²) in [6.07, 6.45) is 38.5. The number of carbonyl (C=O) groups excluding carboxylic acids is 1. The summed E-state index contributed by atoms with van der Waals surface area (Å²) >= 11 is 0. The van der Waals surface area contributed by atoms with E-state index in [0.717, 1.165) is 83.5 Å². The highest BCUT2D eigenvalue weighted by Gasteiger charge is 2.47. The van der Waals surface area contributed by atoms with Crippen molar-refractivity contribution in [3.8, 4) is 0 Å². The van der Waals surface area contributed by atoms with E-state index in [9.17, 15) is 40.5 Å². The van der Waals surface area contributed by atoms with Crippen molar-refractivity contribution < 1.29 is 69.0 Å². The zero-order valence-electron chi connectivity index (χ0n) is 44.7. The van der Waals surface area contributed by atoms with E-state index in [0.29, 0.717) is 13.0 Å². The maximum Gasteiger partial charge on any atom is 0.306 e. The first-order valence-electron chi connectivity index (χ1n) is 28.4. The third-order valence-corrected chi connectivity index (χ3v) is 13.3. The molecule has 2 aliphatic rings. The molecule has 0 bridgehead atoms.